The summed E-state index contributed by atoms with van der Waals surface area (Å²) in [6.07, 6.45) is 1.36. The minimum atomic E-state index is -0.429. The van der Waals surface area contributed by atoms with E-state index in [1.165, 1.54) is 5.56 Å². The first-order valence-corrected chi connectivity index (χ1v) is 9.60. The molecule has 0 atom stereocenters. The maximum absolute atomic E-state index is 12.7. The Hall–Kier alpha value is -2.11. The van der Waals surface area contributed by atoms with Gasteiger partial charge in [0, 0.05) is 12.1 Å². The standard InChI is InChI=1S/C22H26BNO3/c1-21(2)22(3,4)27-23(26-21)18-11-7-5-10-17(18)15-24-19-12-8-6-9-16(19)13-14-20(24)25/h5-12H,13-15H2,1-4H3. The molecule has 2 aromatic carbocycles. The number of rotatable bonds is 3. The first-order chi connectivity index (χ1) is 12.8. The third-order valence-electron chi connectivity index (χ3n) is 6.08. The Morgan fingerprint density at radius 1 is 0.926 bits per heavy atom. The van der Waals surface area contributed by atoms with E-state index in [1.54, 1.807) is 0 Å². The Morgan fingerprint density at radius 3 is 2.30 bits per heavy atom. The molecule has 4 rings (SSSR count). The molecule has 0 spiro atoms. The van der Waals surface area contributed by atoms with Crippen LogP contribution in [0.1, 0.15) is 45.2 Å². The number of carbonyl (C=O) groups is 1. The maximum atomic E-state index is 12.7. The molecule has 1 saturated heterocycles. The average molecular weight is 363 g/mol. The molecule has 2 aromatic rings. The second-order valence-corrected chi connectivity index (χ2v) is 8.40. The van der Waals surface area contributed by atoms with Crippen molar-refractivity contribution < 1.29 is 14.1 Å². The number of anilines is 1. The highest BCUT2D eigenvalue weighted by molar-refractivity contribution is 6.62. The summed E-state index contributed by atoms with van der Waals surface area (Å²) in [7, 11) is -0.429. The zero-order valence-corrected chi connectivity index (χ0v) is 16.5. The molecule has 0 saturated carbocycles. The third kappa shape index (κ3) is 3.19. The normalized spacial score (nSPS) is 20.7. The van der Waals surface area contributed by atoms with E-state index in [4.69, 9.17) is 9.31 Å². The third-order valence-corrected chi connectivity index (χ3v) is 6.08. The van der Waals surface area contributed by atoms with Crippen molar-refractivity contribution >= 4 is 24.2 Å². The lowest BCUT2D eigenvalue weighted by molar-refractivity contribution is -0.119. The van der Waals surface area contributed by atoms with E-state index in [1.807, 2.05) is 41.3 Å². The van der Waals surface area contributed by atoms with E-state index < -0.39 is 18.3 Å². The van der Waals surface area contributed by atoms with Crippen molar-refractivity contribution in [2.75, 3.05) is 4.90 Å². The molecule has 2 aliphatic heterocycles. The number of carbonyl (C=O) groups excluding carboxylic acids is 1. The molecular weight excluding hydrogens is 337 g/mol. The van der Waals surface area contributed by atoms with Gasteiger partial charge >= 0.3 is 7.12 Å². The van der Waals surface area contributed by atoms with Crippen LogP contribution in [-0.4, -0.2) is 24.2 Å². The molecular formula is C22H26BNO3. The van der Waals surface area contributed by atoms with Crippen LogP contribution in [0.4, 0.5) is 5.69 Å². The monoisotopic (exact) mass is 363 g/mol. The van der Waals surface area contributed by atoms with Gasteiger partial charge < -0.3 is 14.2 Å². The fraction of sp³-hybridized carbons (Fsp3) is 0.409. The fourth-order valence-electron chi connectivity index (χ4n) is 3.72. The van der Waals surface area contributed by atoms with Crippen molar-refractivity contribution in [3.05, 3.63) is 59.7 Å². The molecule has 2 heterocycles. The van der Waals surface area contributed by atoms with Crippen LogP contribution >= 0.6 is 0 Å². The number of aryl methyl sites for hydroxylation is 1. The van der Waals surface area contributed by atoms with Gasteiger partial charge in [-0.1, -0.05) is 42.5 Å². The van der Waals surface area contributed by atoms with E-state index >= 15 is 0 Å². The molecule has 27 heavy (non-hydrogen) atoms. The first kappa shape index (κ1) is 18.3. The zero-order valence-electron chi connectivity index (χ0n) is 16.5. The summed E-state index contributed by atoms with van der Waals surface area (Å²) < 4.78 is 12.5. The summed E-state index contributed by atoms with van der Waals surface area (Å²) in [6.45, 7) is 8.75. The lowest BCUT2D eigenvalue weighted by Gasteiger charge is -2.32. The maximum Gasteiger partial charge on any atom is 0.495 e. The van der Waals surface area contributed by atoms with Crippen molar-refractivity contribution in [2.45, 2.75) is 58.3 Å². The van der Waals surface area contributed by atoms with E-state index in [0.717, 1.165) is 23.1 Å². The zero-order chi connectivity index (χ0) is 19.2. The fourth-order valence-corrected chi connectivity index (χ4v) is 3.72. The summed E-state index contributed by atoms with van der Waals surface area (Å²) in [4.78, 5) is 14.6. The number of hydrogen-bond donors (Lipinski definition) is 0. The Bertz CT molecular complexity index is 861. The van der Waals surface area contributed by atoms with Crippen LogP contribution in [0.5, 0.6) is 0 Å². The minimum absolute atomic E-state index is 0.164. The summed E-state index contributed by atoms with van der Waals surface area (Å²) in [5.74, 6) is 0.164. The largest absolute Gasteiger partial charge is 0.495 e. The Kier molecular flexibility index (Phi) is 4.40. The smallest absolute Gasteiger partial charge is 0.399 e. The molecule has 4 nitrogen and oxygen atoms in total. The van der Waals surface area contributed by atoms with Crippen molar-refractivity contribution in [3.8, 4) is 0 Å². The number of benzene rings is 2. The molecule has 0 aromatic heterocycles. The predicted molar refractivity (Wildman–Crippen MR) is 108 cm³/mol. The number of para-hydroxylation sites is 1. The molecule has 0 radical (unpaired) electrons. The van der Waals surface area contributed by atoms with Gasteiger partial charge in [-0.15, -0.1) is 0 Å². The second kappa shape index (κ2) is 6.50. The van der Waals surface area contributed by atoms with Gasteiger partial charge in [0.15, 0.2) is 0 Å². The van der Waals surface area contributed by atoms with Crippen LogP contribution < -0.4 is 10.4 Å². The van der Waals surface area contributed by atoms with Crippen LogP contribution in [0.3, 0.4) is 0 Å². The van der Waals surface area contributed by atoms with Gasteiger partial charge in [-0.05, 0) is 56.8 Å². The lowest BCUT2D eigenvalue weighted by Crippen LogP contribution is -2.41. The van der Waals surface area contributed by atoms with E-state index in [0.29, 0.717) is 13.0 Å². The summed E-state index contributed by atoms with van der Waals surface area (Å²) in [5, 5.41) is 0. The van der Waals surface area contributed by atoms with Gasteiger partial charge in [0.25, 0.3) is 0 Å². The Balaban J connectivity index is 1.66. The SMILES string of the molecule is CC1(C)OB(c2ccccc2CN2C(=O)CCc3ccccc32)OC1(C)C. The van der Waals surface area contributed by atoms with Crippen molar-refractivity contribution in [3.63, 3.8) is 0 Å². The van der Waals surface area contributed by atoms with Gasteiger partial charge in [0.05, 0.1) is 17.7 Å². The van der Waals surface area contributed by atoms with Crippen LogP contribution in [0, 0.1) is 0 Å². The quantitative estimate of drug-likeness (QED) is 0.784. The van der Waals surface area contributed by atoms with Crippen molar-refractivity contribution in [2.24, 2.45) is 0 Å². The summed E-state index contributed by atoms with van der Waals surface area (Å²) in [5.41, 5.74) is 3.51. The van der Waals surface area contributed by atoms with Gasteiger partial charge in [-0.3, -0.25) is 4.79 Å². The topological polar surface area (TPSA) is 38.8 Å². The Labute approximate surface area is 161 Å². The molecule has 0 bridgehead atoms. The minimum Gasteiger partial charge on any atom is -0.399 e. The molecule has 0 unspecified atom stereocenters. The number of hydrogen-bond acceptors (Lipinski definition) is 3. The van der Waals surface area contributed by atoms with Crippen molar-refractivity contribution in [1.29, 1.82) is 0 Å². The van der Waals surface area contributed by atoms with Crippen LogP contribution in [-0.2, 0) is 27.1 Å². The number of amides is 1. The number of nitrogens with zero attached hydrogens (tertiary/aromatic N) is 1. The van der Waals surface area contributed by atoms with Crippen LogP contribution in [0.2, 0.25) is 0 Å². The number of fused-ring (bicyclic) bond motifs is 1. The molecule has 2 aliphatic rings. The van der Waals surface area contributed by atoms with E-state index in [-0.39, 0.29) is 5.91 Å². The predicted octanol–water partition coefficient (Wildman–Crippen LogP) is 3.47. The van der Waals surface area contributed by atoms with Gasteiger partial charge in [0.1, 0.15) is 0 Å². The van der Waals surface area contributed by atoms with Crippen LogP contribution in [0.15, 0.2) is 48.5 Å². The van der Waals surface area contributed by atoms with Gasteiger partial charge in [-0.2, -0.15) is 0 Å². The lowest BCUT2D eigenvalue weighted by atomic mass is 9.75. The molecule has 140 valence electrons. The highest BCUT2D eigenvalue weighted by atomic mass is 16.7. The molecule has 1 amide bonds. The van der Waals surface area contributed by atoms with E-state index in [9.17, 15) is 4.79 Å². The highest BCUT2D eigenvalue weighted by Gasteiger charge is 2.52. The summed E-state index contributed by atoms with van der Waals surface area (Å²) >= 11 is 0. The Morgan fingerprint density at radius 2 is 1.56 bits per heavy atom. The molecule has 1 fully saturated rings. The highest BCUT2D eigenvalue weighted by Crippen LogP contribution is 2.37. The second-order valence-electron chi connectivity index (χ2n) is 8.40. The molecule has 0 aliphatic carbocycles. The average Bonchev–Trinajstić information content (AvgIpc) is 2.85. The van der Waals surface area contributed by atoms with Gasteiger partial charge in [0.2, 0.25) is 5.91 Å². The first-order valence-electron chi connectivity index (χ1n) is 9.60. The van der Waals surface area contributed by atoms with Crippen LogP contribution in [0.25, 0.3) is 0 Å². The molecule has 0 N–H and O–H groups in total. The summed E-state index contributed by atoms with van der Waals surface area (Å²) in [6, 6.07) is 16.3. The van der Waals surface area contributed by atoms with Crippen molar-refractivity contribution in [1.82, 2.24) is 0 Å². The van der Waals surface area contributed by atoms with E-state index in [2.05, 4.69) is 39.8 Å². The molecule has 5 heteroatoms. The van der Waals surface area contributed by atoms with Gasteiger partial charge in [-0.25, -0.2) is 0 Å².